The smallest absolute Gasteiger partial charge is 0.261 e. The minimum absolute atomic E-state index is 0.0276. The van der Waals surface area contributed by atoms with Crippen molar-refractivity contribution >= 4 is 23.4 Å². The van der Waals surface area contributed by atoms with Gasteiger partial charge < -0.3 is 15.4 Å². The summed E-state index contributed by atoms with van der Waals surface area (Å²) >= 11 is 6.03. The molecule has 0 saturated carbocycles. The van der Waals surface area contributed by atoms with E-state index in [4.69, 9.17) is 16.3 Å². The molecule has 1 heterocycles. The average molecular weight is 311 g/mol. The summed E-state index contributed by atoms with van der Waals surface area (Å²) in [6, 6.07) is 7.03. The molecule has 0 aliphatic carbocycles. The molecule has 2 N–H and O–H groups in total. The SMILES string of the molecule is CC[C@@H](Oc1ccccc1Cl)C(=O)N[C@@H]1CCC(=O)NC1. The van der Waals surface area contributed by atoms with Crippen molar-refractivity contribution < 1.29 is 14.3 Å². The van der Waals surface area contributed by atoms with Crippen molar-refractivity contribution in [1.82, 2.24) is 10.6 Å². The molecule has 1 aliphatic heterocycles. The normalized spacial score (nSPS) is 19.5. The van der Waals surface area contributed by atoms with Crippen molar-refractivity contribution in [3.8, 4) is 5.75 Å². The standard InChI is InChI=1S/C15H19ClN2O3/c1-2-12(21-13-6-4-3-5-11(13)16)15(20)18-10-7-8-14(19)17-9-10/h3-6,10,12H,2,7-9H2,1H3,(H,17,19)(H,18,20)/t10-,12-/m1/s1. The molecule has 1 fully saturated rings. The van der Waals surface area contributed by atoms with E-state index in [2.05, 4.69) is 10.6 Å². The molecule has 0 radical (unpaired) electrons. The van der Waals surface area contributed by atoms with Gasteiger partial charge >= 0.3 is 0 Å². The third kappa shape index (κ3) is 4.36. The number of piperidine rings is 1. The number of nitrogens with one attached hydrogen (secondary N) is 2. The quantitative estimate of drug-likeness (QED) is 0.873. The van der Waals surface area contributed by atoms with Crippen molar-refractivity contribution in [3.63, 3.8) is 0 Å². The lowest BCUT2D eigenvalue weighted by Gasteiger charge is -2.26. The average Bonchev–Trinajstić information content (AvgIpc) is 2.48. The molecule has 1 aliphatic rings. The molecule has 5 nitrogen and oxygen atoms in total. The summed E-state index contributed by atoms with van der Waals surface area (Å²) in [7, 11) is 0. The fourth-order valence-corrected chi connectivity index (χ4v) is 2.35. The fourth-order valence-electron chi connectivity index (χ4n) is 2.17. The molecular formula is C15H19ClN2O3. The minimum atomic E-state index is -0.595. The Morgan fingerprint density at radius 1 is 1.52 bits per heavy atom. The molecule has 114 valence electrons. The maximum absolute atomic E-state index is 12.2. The second kappa shape index (κ2) is 7.31. The Bertz CT molecular complexity index is 511. The topological polar surface area (TPSA) is 67.4 Å². The lowest BCUT2D eigenvalue weighted by Crippen LogP contribution is -2.51. The molecule has 1 saturated heterocycles. The number of rotatable bonds is 5. The minimum Gasteiger partial charge on any atom is -0.479 e. The lowest BCUT2D eigenvalue weighted by atomic mass is 10.1. The Balaban J connectivity index is 1.92. The molecule has 0 aromatic heterocycles. The molecule has 2 atom stereocenters. The van der Waals surface area contributed by atoms with Crippen LogP contribution in [-0.4, -0.2) is 30.5 Å². The summed E-state index contributed by atoms with van der Waals surface area (Å²) in [6.45, 7) is 2.34. The number of hydrogen-bond donors (Lipinski definition) is 2. The molecular weight excluding hydrogens is 292 g/mol. The Kier molecular flexibility index (Phi) is 5.44. The number of amides is 2. The molecule has 2 rings (SSSR count). The van der Waals surface area contributed by atoms with Crippen LogP contribution in [0.25, 0.3) is 0 Å². The van der Waals surface area contributed by atoms with Gasteiger partial charge in [-0.2, -0.15) is 0 Å². The number of carbonyl (C=O) groups excluding carboxylic acids is 2. The molecule has 0 bridgehead atoms. The van der Waals surface area contributed by atoms with E-state index in [1.165, 1.54) is 0 Å². The van der Waals surface area contributed by atoms with Gasteiger partial charge in [-0.05, 0) is 25.0 Å². The highest BCUT2D eigenvalue weighted by molar-refractivity contribution is 6.32. The first kappa shape index (κ1) is 15.6. The first-order valence-electron chi connectivity index (χ1n) is 7.08. The van der Waals surface area contributed by atoms with E-state index < -0.39 is 6.10 Å². The largest absolute Gasteiger partial charge is 0.479 e. The van der Waals surface area contributed by atoms with Crippen LogP contribution < -0.4 is 15.4 Å². The summed E-state index contributed by atoms with van der Waals surface area (Å²) in [4.78, 5) is 23.3. The van der Waals surface area contributed by atoms with Crippen molar-refractivity contribution in [2.45, 2.75) is 38.3 Å². The van der Waals surface area contributed by atoms with Crippen LogP contribution in [0.5, 0.6) is 5.75 Å². The predicted molar refractivity (Wildman–Crippen MR) is 80.3 cm³/mol. The number of hydrogen-bond acceptors (Lipinski definition) is 3. The van der Waals surface area contributed by atoms with Crippen LogP contribution in [0.4, 0.5) is 0 Å². The summed E-state index contributed by atoms with van der Waals surface area (Å²) in [5.74, 6) is 0.344. The van der Waals surface area contributed by atoms with Crippen molar-refractivity contribution in [2.75, 3.05) is 6.54 Å². The van der Waals surface area contributed by atoms with Crippen molar-refractivity contribution in [3.05, 3.63) is 29.3 Å². The summed E-state index contributed by atoms with van der Waals surface area (Å²) in [5.41, 5.74) is 0. The number of benzene rings is 1. The highest BCUT2D eigenvalue weighted by Gasteiger charge is 2.25. The Labute approximate surface area is 129 Å². The Morgan fingerprint density at radius 3 is 2.90 bits per heavy atom. The van der Waals surface area contributed by atoms with Gasteiger partial charge in [0.25, 0.3) is 5.91 Å². The zero-order valence-electron chi connectivity index (χ0n) is 11.9. The van der Waals surface area contributed by atoms with E-state index in [-0.39, 0.29) is 17.9 Å². The highest BCUT2D eigenvalue weighted by atomic mass is 35.5. The van der Waals surface area contributed by atoms with Gasteiger partial charge in [0, 0.05) is 19.0 Å². The van der Waals surface area contributed by atoms with Gasteiger partial charge in [-0.3, -0.25) is 9.59 Å². The van der Waals surface area contributed by atoms with Crippen molar-refractivity contribution in [2.24, 2.45) is 0 Å². The Hall–Kier alpha value is -1.75. The van der Waals surface area contributed by atoms with E-state index in [1.807, 2.05) is 13.0 Å². The van der Waals surface area contributed by atoms with E-state index in [0.717, 1.165) is 0 Å². The molecule has 1 aromatic carbocycles. The predicted octanol–water partition coefficient (Wildman–Crippen LogP) is 1.89. The molecule has 2 amide bonds. The molecule has 1 aromatic rings. The van der Waals surface area contributed by atoms with Gasteiger partial charge in [-0.1, -0.05) is 30.7 Å². The lowest BCUT2D eigenvalue weighted by molar-refractivity contribution is -0.130. The fraction of sp³-hybridized carbons (Fsp3) is 0.467. The van der Waals surface area contributed by atoms with Gasteiger partial charge in [-0.25, -0.2) is 0 Å². The van der Waals surface area contributed by atoms with Crippen LogP contribution in [0.3, 0.4) is 0 Å². The van der Waals surface area contributed by atoms with Crippen LogP contribution in [0, 0.1) is 0 Å². The maximum Gasteiger partial charge on any atom is 0.261 e. The van der Waals surface area contributed by atoms with E-state index in [0.29, 0.717) is 36.6 Å². The van der Waals surface area contributed by atoms with E-state index in [9.17, 15) is 9.59 Å². The third-order valence-corrected chi connectivity index (χ3v) is 3.69. The van der Waals surface area contributed by atoms with Gasteiger partial charge in [0.05, 0.1) is 5.02 Å². The summed E-state index contributed by atoms with van der Waals surface area (Å²) in [6.07, 6.45) is 1.03. The first-order chi connectivity index (χ1) is 10.1. The maximum atomic E-state index is 12.2. The summed E-state index contributed by atoms with van der Waals surface area (Å²) < 4.78 is 5.69. The number of ether oxygens (including phenoxy) is 1. The van der Waals surface area contributed by atoms with Gasteiger partial charge in [0.1, 0.15) is 5.75 Å². The van der Waals surface area contributed by atoms with Gasteiger partial charge in [0.15, 0.2) is 6.10 Å². The first-order valence-corrected chi connectivity index (χ1v) is 7.46. The van der Waals surface area contributed by atoms with Crippen LogP contribution in [0.1, 0.15) is 26.2 Å². The van der Waals surface area contributed by atoms with Crippen LogP contribution in [-0.2, 0) is 9.59 Å². The second-order valence-corrected chi connectivity index (χ2v) is 5.40. The zero-order valence-corrected chi connectivity index (χ0v) is 12.7. The van der Waals surface area contributed by atoms with Crippen LogP contribution in [0.15, 0.2) is 24.3 Å². The number of halogens is 1. The van der Waals surface area contributed by atoms with E-state index >= 15 is 0 Å². The van der Waals surface area contributed by atoms with Crippen molar-refractivity contribution in [1.29, 1.82) is 0 Å². The zero-order chi connectivity index (χ0) is 15.2. The van der Waals surface area contributed by atoms with Crippen LogP contribution >= 0.6 is 11.6 Å². The Morgan fingerprint density at radius 2 is 2.29 bits per heavy atom. The molecule has 21 heavy (non-hydrogen) atoms. The second-order valence-electron chi connectivity index (χ2n) is 4.99. The molecule has 6 heteroatoms. The highest BCUT2D eigenvalue weighted by Crippen LogP contribution is 2.24. The molecule has 0 spiro atoms. The summed E-state index contributed by atoms with van der Waals surface area (Å²) in [5, 5.41) is 6.13. The van der Waals surface area contributed by atoms with Crippen LogP contribution in [0.2, 0.25) is 5.02 Å². The molecule has 0 unspecified atom stereocenters. The monoisotopic (exact) mass is 310 g/mol. The van der Waals surface area contributed by atoms with Gasteiger partial charge in [0.2, 0.25) is 5.91 Å². The van der Waals surface area contributed by atoms with E-state index in [1.54, 1.807) is 18.2 Å². The number of carbonyl (C=O) groups is 2. The van der Waals surface area contributed by atoms with Gasteiger partial charge in [-0.15, -0.1) is 0 Å². The third-order valence-electron chi connectivity index (χ3n) is 3.38. The number of para-hydroxylation sites is 1.